The Balaban J connectivity index is 1.10. The van der Waals surface area contributed by atoms with Crippen LogP contribution in [0.4, 0.5) is 5.69 Å². The fourth-order valence-corrected chi connectivity index (χ4v) is 5.69. The average Bonchev–Trinajstić information content (AvgIpc) is 3.36. The van der Waals surface area contributed by atoms with E-state index in [1.54, 1.807) is 0 Å². The number of hydrogen-bond acceptors (Lipinski definition) is 1. The molecule has 192 valence electrons. The summed E-state index contributed by atoms with van der Waals surface area (Å²) in [5.74, 6) is 0.390. The predicted octanol–water partition coefficient (Wildman–Crippen LogP) is 9.36. The number of aromatic nitrogens is 1. The number of para-hydroxylation sites is 2. The second-order valence-corrected chi connectivity index (χ2v) is 10.2. The van der Waals surface area contributed by atoms with E-state index in [0.29, 0.717) is 5.84 Å². The highest BCUT2D eigenvalue weighted by molar-refractivity contribution is 6.06. The third-order valence-corrected chi connectivity index (χ3v) is 7.74. The molecule has 1 aromatic heterocycles. The largest absolute Gasteiger partial charge is 0.340 e. The first-order valence-corrected chi connectivity index (χ1v) is 13.8. The summed E-state index contributed by atoms with van der Waals surface area (Å²) in [6.07, 6.45) is 6.72. The summed E-state index contributed by atoms with van der Waals surface area (Å²) < 4.78 is 2.43. The minimum absolute atomic E-state index is 0.390. The van der Waals surface area contributed by atoms with Crippen LogP contribution in [0.25, 0.3) is 44.9 Å². The van der Waals surface area contributed by atoms with Crippen LogP contribution in [0.5, 0.6) is 0 Å². The molecule has 0 radical (unpaired) electrons. The number of rotatable bonds is 5. The Morgan fingerprint density at radius 1 is 0.625 bits per heavy atom. The van der Waals surface area contributed by atoms with Gasteiger partial charge in [0.25, 0.3) is 0 Å². The monoisotopic (exact) mass is 515 g/mol. The van der Waals surface area contributed by atoms with Crippen molar-refractivity contribution in [3.8, 4) is 27.9 Å². The molecule has 0 atom stereocenters. The van der Waals surface area contributed by atoms with E-state index in [0.717, 1.165) is 35.2 Å². The Kier molecular flexibility index (Phi) is 6.10. The van der Waals surface area contributed by atoms with Gasteiger partial charge in [-0.25, -0.2) is 0 Å². The third kappa shape index (κ3) is 4.42. The highest BCUT2D eigenvalue weighted by atomic mass is 15.0. The van der Waals surface area contributed by atoms with E-state index in [4.69, 9.17) is 5.41 Å². The maximum Gasteiger partial charge on any atom is 0.129 e. The summed E-state index contributed by atoms with van der Waals surface area (Å²) in [6.45, 7) is 0. The minimum Gasteiger partial charge on any atom is -0.340 e. The molecule has 6 aromatic rings. The first-order valence-electron chi connectivity index (χ1n) is 13.8. The van der Waals surface area contributed by atoms with Gasteiger partial charge in [-0.2, -0.15) is 0 Å². The Morgan fingerprint density at radius 2 is 1.20 bits per heavy atom. The van der Waals surface area contributed by atoms with Crippen LogP contribution >= 0.6 is 0 Å². The van der Waals surface area contributed by atoms with Gasteiger partial charge in [-0.15, -0.1) is 0 Å². The summed E-state index contributed by atoms with van der Waals surface area (Å²) in [7, 11) is 0. The minimum atomic E-state index is 0.390. The molecule has 2 N–H and O–H groups in total. The van der Waals surface area contributed by atoms with E-state index in [9.17, 15) is 0 Å². The summed E-state index contributed by atoms with van der Waals surface area (Å²) in [5, 5.41) is 12.9. The van der Waals surface area contributed by atoms with Crippen molar-refractivity contribution in [1.29, 1.82) is 5.41 Å². The number of amidine groups is 1. The van der Waals surface area contributed by atoms with Crippen LogP contribution in [0.3, 0.4) is 0 Å². The molecule has 0 spiro atoms. The Labute approximate surface area is 234 Å². The average molecular weight is 516 g/mol. The van der Waals surface area contributed by atoms with Gasteiger partial charge < -0.3 is 9.88 Å². The lowest BCUT2D eigenvalue weighted by Gasteiger charge is -2.14. The Morgan fingerprint density at radius 3 is 1.88 bits per heavy atom. The molecule has 7 rings (SSSR count). The second kappa shape index (κ2) is 10.2. The number of allylic oxidation sites excluding steroid dienone is 1. The van der Waals surface area contributed by atoms with Crippen molar-refractivity contribution in [3.05, 3.63) is 150 Å². The normalized spacial score (nSPS) is 12.3. The standard InChI is InChI=1S/C37H29N3/c38-37(39-31-8-2-1-3-9-31)30-20-18-28(19-21-30)26-14-16-27(17-15-26)29-22-24-32(25-23-29)40-35-12-6-4-10-33(35)34-11-5-7-13-36(34)40/h1-6,8-12,14-25H,7,13H2,(H2,38,39). The molecule has 1 heterocycles. The van der Waals surface area contributed by atoms with Crippen LogP contribution in [0.1, 0.15) is 23.2 Å². The molecule has 0 saturated carbocycles. The summed E-state index contributed by atoms with van der Waals surface area (Å²) in [5.41, 5.74) is 11.7. The zero-order valence-corrected chi connectivity index (χ0v) is 22.1. The predicted molar refractivity (Wildman–Crippen MR) is 168 cm³/mol. The van der Waals surface area contributed by atoms with Gasteiger partial charge in [-0.05, 0) is 65.4 Å². The lowest BCUT2D eigenvalue weighted by Crippen LogP contribution is -2.11. The van der Waals surface area contributed by atoms with Gasteiger partial charge in [0.05, 0.1) is 5.52 Å². The molecule has 0 bridgehead atoms. The molecular formula is C37H29N3. The maximum absolute atomic E-state index is 8.40. The molecule has 5 aromatic carbocycles. The van der Waals surface area contributed by atoms with E-state index in [-0.39, 0.29) is 0 Å². The molecule has 0 amide bonds. The topological polar surface area (TPSA) is 40.8 Å². The molecule has 0 saturated heterocycles. The van der Waals surface area contributed by atoms with Crippen molar-refractivity contribution in [2.24, 2.45) is 0 Å². The van der Waals surface area contributed by atoms with Crippen LogP contribution in [0.2, 0.25) is 0 Å². The highest BCUT2D eigenvalue weighted by Gasteiger charge is 2.18. The number of nitrogens with zero attached hydrogens (tertiary/aromatic N) is 1. The van der Waals surface area contributed by atoms with Crippen molar-refractivity contribution in [2.45, 2.75) is 12.8 Å². The fraction of sp³-hybridized carbons (Fsp3) is 0.0541. The first-order chi connectivity index (χ1) is 19.7. The number of hydrogen-bond donors (Lipinski definition) is 2. The lowest BCUT2D eigenvalue weighted by atomic mass is 9.99. The van der Waals surface area contributed by atoms with Crippen LogP contribution < -0.4 is 5.32 Å². The molecule has 3 heteroatoms. The van der Waals surface area contributed by atoms with Gasteiger partial charge in [-0.3, -0.25) is 5.41 Å². The summed E-state index contributed by atoms with van der Waals surface area (Å²) in [6, 6.07) is 44.4. The SMILES string of the molecule is N=C(Nc1ccccc1)c1ccc(-c2ccc(-c3ccc(-n4c5c(c6ccccc64)C=CCC5)cc3)cc2)cc1. The van der Waals surface area contributed by atoms with Crippen LogP contribution in [-0.2, 0) is 6.42 Å². The molecule has 0 fully saturated rings. The smallest absolute Gasteiger partial charge is 0.129 e. The summed E-state index contributed by atoms with van der Waals surface area (Å²) in [4.78, 5) is 0. The molecule has 1 aliphatic rings. The van der Waals surface area contributed by atoms with E-state index in [1.807, 2.05) is 42.5 Å². The number of anilines is 1. The third-order valence-electron chi connectivity index (χ3n) is 7.74. The first kappa shape index (κ1) is 23.9. The molecular weight excluding hydrogens is 486 g/mol. The molecule has 40 heavy (non-hydrogen) atoms. The van der Waals surface area contributed by atoms with E-state index in [1.165, 1.54) is 39.0 Å². The van der Waals surface area contributed by atoms with Crippen LogP contribution in [-0.4, -0.2) is 10.4 Å². The zero-order chi connectivity index (χ0) is 26.9. The van der Waals surface area contributed by atoms with Gasteiger partial charge >= 0.3 is 0 Å². The quantitative estimate of drug-likeness (QED) is 0.174. The van der Waals surface area contributed by atoms with Crippen LogP contribution in [0, 0.1) is 5.41 Å². The van der Waals surface area contributed by atoms with Crippen LogP contribution in [0.15, 0.2) is 133 Å². The van der Waals surface area contributed by atoms with Gasteiger partial charge in [0.15, 0.2) is 0 Å². The maximum atomic E-state index is 8.40. The van der Waals surface area contributed by atoms with Gasteiger partial charge in [0, 0.05) is 33.6 Å². The lowest BCUT2D eigenvalue weighted by molar-refractivity contribution is 0.888. The van der Waals surface area contributed by atoms with Gasteiger partial charge in [0.2, 0.25) is 0 Å². The summed E-state index contributed by atoms with van der Waals surface area (Å²) >= 11 is 0. The van der Waals surface area contributed by atoms with Gasteiger partial charge in [0.1, 0.15) is 5.84 Å². The molecule has 0 aliphatic heterocycles. The van der Waals surface area contributed by atoms with E-state index in [2.05, 4.69) is 107 Å². The number of fused-ring (bicyclic) bond motifs is 3. The number of nitrogens with one attached hydrogen (secondary N) is 2. The van der Waals surface area contributed by atoms with E-state index >= 15 is 0 Å². The zero-order valence-electron chi connectivity index (χ0n) is 22.1. The Bertz CT molecular complexity index is 1840. The van der Waals surface area contributed by atoms with E-state index < -0.39 is 0 Å². The molecule has 3 nitrogen and oxygen atoms in total. The molecule has 0 unspecified atom stereocenters. The van der Waals surface area contributed by atoms with Crippen molar-refractivity contribution < 1.29 is 0 Å². The van der Waals surface area contributed by atoms with Gasteiger partial charge in [-0.1, -0.05) is 109 Å². The van der Waals surface area contributed by atoms with Crippen molar-refractivity contribution in [1.82, 2.24) is 4.57 Å². The number of benzene rings is 5. The van der Waals surface area contributed by atoms with Crippen molar-refractivity contribution in [2.75, 3.05) is 5.32 Å². The molecule has 1 aliphatic carbocycles. The second-order valence-electron chi connectivity index (χ2n) is 10.2. The highest BCUT2D eigenvalue weighted by Crippen LogP contribution is 2.34. The van der Waals surface area contributed by atoms with Crippen molar-refractivity contribution in [3.63, 3.8) is 0 Å². The Hall–Kier alpha value is -5.15. The van der Waals surface area contributed by atoms with Crippen molar-refractivity contribution >= 4 is 28.5 Å². The fourth-order valence-electron chi connectivity index (χ4n) is 5.69.